The molecule has 1 saturated carbocycles. The highest BCUT2D eigenvalue weighted by atomic mass is 35.5. The molecule has 0 aromatic heterocycles. The van der Waals surface area contributed by atoms with E-state index >= 15 is 0 Å². The molecule has 1 aliphatic rings. The van der Waals surface area contributed by atoms with Crippen molar-refractivity contribution in [2.75, 3.05) is 25.0 Å². The van der Waals surface area contributed by atoms with Crippen molar-refractivity contribution in [2.24, 2.45) is 5.92 Å². The number of halogens is 1. The number of carbonyl (C=O) groups excluding carboxylic acids is 1. The van der Waals surface area contributed by atoms with Crippen LogP contribution in [0.1, 0.15) is 19.8 Å². The Balaban J connectivity index is 0.00000180. The zero-order valence-electron chi connectivity index (χ0n) is 11.1. The molecule has 1 aromatic carbocycles. The molecular weight excluding hydrogens is 264 g/mol. The van der Waals surface area contributed by atoms with Crippen LogP contribution in [0.3, 0.4) is 0 Å². The molecule has 0 saturated heterocycles. The van der Waals surface area contributed by atoms with E-state index in [0.717, 1.165) is 23.9 Å². The third kappa shape index (κ3) is 5.94. The first-order chi connectivity index (χ1) is 8.78. The molecule has 0 atom stereocenters. The Morgan fingerprint density at radius 2 is 2.21 bits per heavy atom. The minimum Gasteiger partial charge on any atom is -0.494 e. The van der Waals surface area contributed by atoms with E-state index in [0.29, 0.717) is 13.2 Å². The van der Waals surface area contributed by atoms with Crippen molar-refractivity contribution in [2.45, 2.75) is 19.8 Å². The lowest BCUT2D eigenvalue weighted by molar-refractivity contribution is -0.115. The molecule has 106 valence electrons. The second-order valence-corrected chi connectivity index (χ2v) is 4.58. The SMILES string of the molecule is CCOc1cccc(NC(=O)CNCC2CC2)c1.Cl. The van der Waals surface area contributed by atoms with Gasteiger partial charge in [-0.1, -0.05) is 6.07 Å². The quantitative estimate of drug-likeness (QED) is 0.809. The Morgan fingerprint density at radius 1 is 1.42 bits per heavy atom. The van der Waals surface area contributed by atoms with Gasteiger partial charge in [0.1, 0.15) is 5.75 Å². The van der Waals surface area contributed by atoms with Crippen LogP contribution >= 0.6 is 12.4 Å². The minimum absolute atomic E-state index is 0. The lowest BCUT2D eigenvalue weighted by Gasteiger charge is -2.08. The molecule has 0 spiro atoms. The first-order valence-electron chi connectivity index (χ1n) is 6.51. The average Bonchev–Trinajstić information content (AvgIpc) is 3.14. The van der Waals surface area contributed by atoms with Gasteiger partial charge in [0.05, 0.1) is 13.2 Å². The van der Waals surface area contributed by atoms with Crippen molar-refractivity contribution in [1.82, 2.24) is 5.32 Å². The normalized spacial score (nSPS) is 13.5. The molecule has 1 fully saturated rings. The van der Waals surface area contributed by atoms with E-state index in [4.69, 9.17) is 4.74 Å². The van der Waals surface area contributed by atoms with E-state index in [1.165, 1.54) is 12.8 Å². The van der Waals surface area contributed by atoms with Crippen LogP contribution in [0.15, 0.2) is 24.3 Å². The highest BCUT2D eigenvalue weighted by molar-refractivity contribution is 5.92. The van der Waals surface area contributed by atoms with Crippen LogP contribution in [0, 0.1) is 5.92 Å². The monoisotopic (exact) mass is 284 g/mol. The van der Waals surface area contributed by atoms with Crippen LogP contribution in [0.4, 0.5) is 5.69 Å². The van der Waals surface area contributed by atoms with Gasteiger partial charge in [-0.3, -0.25) is 4.79 Å². The summed E-state index contributed by atoms with van der Waals surface area (Å²) < 4.78 is 5.38. The molecule has 0 radical (unpaired) electrons. The molecule has 0 bridgehead atoms. The molecule has 19 heavy (non-hydrogen) atoms. The van der Waals surface area contributed by atoms with Gasteiger partial charge in [0, 0.05) is 11.8 Å². The molecule has 2 N–H and O–H groups in total. The zero-order valence-corrected chi connectivity index (χ0v) is 12.0. The Bertz CT molecular complexity index is 408. The summed E-state index contributed by atoms with van der Waals surface area (Å²) in [6.45, 7) is 3.88. The summed E-state index contributed by atoms with van der Waals surface area (Å²) >= 11 is 0. The first-order valence-corrected chi connectivity index (χ1v) is 6.51. The predicted octanol–water partition coefficient (Wildman–Crippen LogP) is 2.45. The fraction of sp³-hybridized carbons (Fsp3) is 0.500. The molecule has 0 aliphatic heterocycles. The second-order valence-electron chi connectivity index (χ2n) is 4.58. The Labute approximate surface area is 120 Å². The topological polar surface area (TPSA) is 50.4 Å². The number of benzene rings is 1. The van der Waals surface area contributed by atoms with E-state index in [-0.39, 0.29) is 18.3 Å². The molecular formula is C14H21ClN2O2. The molecule has 2 rings (SSSR count). The fourth-order valence-electron chi connectivity index (χ4n) is 1.75. The Kier molecular flexibility index (Phi) is 6.67. The number of hydrogen-bond donors (Lipinski definition) is 2. The second kappa shape index (κ2) is 8.02. The first kappa shape index (κ1) is 15.8. The van der Waals surface area contributed by atoms with Crippen LogP contribution in [-0.2, 0) is 4.79 Å². The molecule has 1 amide bonds. The van der Waals surface area contributed by atoms with Gasteiger partial charge in [-0.05, 0) is 44.4 Å². The van der Waals surface area contributed by atoms with Crippen molar-refractivity contribution in [3.8, 4) is 5.75 Å². The van der Waals surface area contributed by atoms with Gasteiger partial charge in [0.25, 0.3) is 0 Å². The van der Waals surface area contributed by atoms with Crippen LogP contribution in [-0.4, -0.2) is 25.6 Å². The van der Waals surface area contributed by atoms with E-state index in [1.807, 2.05) is 31.2 Å². The maximum Gasteiger partial charge on any atom is 0.238 e. The maximum absolute atomic E-state index is 11.7. The maximum atomic E-state index is 11.7. The van der Waals surface area contributed by atoms with Crippen LogP contribution in [0.5, 0.6) is 5.75 Å². The summed E-state index contributed by atoms with van der Waals surface area (Å²) in [7, 11) is 0. The van der Waals surface area contributed by atoms with Crippen molar-refractivity contribution >= 4 is 24.0 Å². The molecule has 4 nitrogen and oxygen atoms in total. The molecule has 5 heteroatoms. The van der Waals surface area contributed by atoms with Crippen LogP contribution < -0.4 is 15.4 Å². The van der Waals surface area contributed by atoms with Gasteiger partial charge in [-0.2, -0.15) is 0 Å². The predicted molar refractivity (Wildman–Crippen MR) is 79.1 cm³/mol. The number of amides is 1. The van der Waals surface area contributed by atoms with Gasteiger partial charge in [0.2, 0.25) is 5.91 Å². The van der Waals surface area contributed by atoms with E-state index < -0.39 is 0 Å². The summed E-state index contributed by atoms with van der Waals surface area (Å²) in [5, 5.41) is 6.02. The molecule has 1 aromatic rings. The highest BCUT2D eigenvalue weighted by Gasteiger charge is 2.20. The Hall–Kier alpha value is -1.26. The molecule has 1 aliphatic carbocycles. The van der Waals surface area contributed by atoms with E-state index in [1.54, 1.807) is 0 Å². The largest absolute Gasteiger partial charge is 0.494 e. The van der Waals surface area contributed by atoms with Crippen LogP contribution in [0.2, 0.25) is 0 Å². The number of nitrogens with one attached hydrogen (secondary N) is 2. The van der Waals surface area contributed by atoms with Gasteiger partial charge in [-0.25, -0.2) is 0 Å². The summed E-state index contributed by atoms with van der Waals surface area (Å²) in [5.41, 5.74) is 0.777. The number of anilines is 1. The lowest BCUT2D eigenvalue weighted by Crippen LogP contribution is -2.29. The number of ether oxygens (including phenoxy) is 1. The van der Waals surface area contributed by atoms with Crippen molar-refractivity contribution in [1.29, 1.82) is 0 Å². The zero-order chi connectivity index (χ0) is 12.8. The smallest absolute Gasteiger partial charge is 0.238 e. The number of rotatable bonds is 7. The van der Waals surface area contributed by atoms with Crippen molar-refractivity contribution < 1.29 is 9.53 Å². The fourth-order valence-corrected chi connectivity index (χ4v) is 1.75. The summed E-state index contributed by atoms with van der Waals surface area (Å²) in [6.07, 6.45) is 2.59. The molecule has 0 heterocycles. The third-order valence-electron chi connectivity index (χ3n) is 2.84. The van der Waals surface area contributed by atoms with E-state index in [9.17, 15) is 4.79 Å². The standard InChI is InChI=1S/C14H20N2O2.ClH/c1-2-18-13-5-3-4-12(8-13)16-14(17)10-15-9-11-6-7-11;/h3-5,8,11,15H,2,6-7,9-10H2,1H3,(H,16,17);1H. The van der Waals surface area contributed by atoms with Gasteiger partial charge in [0.15, 0.2) is 0 Å². The highest BCUT2D eigenvalue weighted by Crippen LogP contribution is 2.27. The third-order valence-corrected chi connectivity index (χ3v) is 2.84. The number of hydrogen-bond acceptors (Lipinski definition) is 3. The number of carbonyl (C=O) groups is 1. The van der Waals surface area contributed by atoms with E-state index in [2.05, 4.69) is 10.6 Å². The Morgan fingerprint density at radius 3 is 2.89 bits per heavy atom. The molecule has 0 unspecified atom stereocenters. The van der Waals surface area contributed by atoms with Gasteiger partial charge >= 0.3 is 0 Å². The lowest BCUT2D eigenvalue weighted by atomic mass is 10.3. The van der Waals surface area contributed by atoms with Crippen molar-refractivity contribution in [3.63, 3.8) is 0 Å². The van der Waals surface area contributed by atoms with Gasteiger partial charge < -0.3 is 15.4 Å². The summed E-state index contributed by atoms with van der Waals surface area (Å²) in [4.78, 5) is 11.7. The average molecular weight is 285 g/mol. The van der Waals surface area contributed by atoms with Crippen LogP contribution in [0.25, 0.3) is 0 Å². The summed E-state index contributed by atoms with van der Waals surface area (Å²) in [6, 6.07) is 7.45. The van der Waals surface area contributed by atoms with Crippen molar-refractivity contribution in [3.05, 3.63) is 24.3 Å². The summed E-state index contributed by atoms with van der Waals surface area (Å²) in [5.74, 6) is 1.56. The van der Waals surface area contributed by atoms with Gasteiger partial charge in [-0.15, -0.1) is 12.4 Å². The minimum atomic E-state index is -0.00991.